The van der Waals surface area contributed by atoms with Gasteiger partial charge in [0.25, 0.3) is 5.91 Å². The molecule has 0 saturated carbocycles. The summed E-state index contributed by atoms with van der Waals surface area (Å²) in [6, 6.07) is 3.58. The Labute approximate surface area is 90.6 Å². The smallest absolute Gasteiger partial charge is 0.293 e. The van der Waals surface area contributed by atoms with Crippen molar-refractivity contribution in [3.05, 3.63) is 11.5 Å². The molecular formula is C9H7N5O2. The van der Waals surface area contributed by atoms with Crippen LogP contribution in [-0.4, -0.2) is 17.3 Å². The molecule has 0 bridgehead atoms. The first-order valence-corrected chi connectivity index (χ1v) is 4.33. The predicted octanol–water partition coefficient (Wildman–Crippen LogP) is -1.12. The molecule has 0 aromatic heterocycles. The average Bonchev–Trinajstić information content (AvgIpc) is 2.56. The van der Waals surface area contributed by atoms with Crippen LogP contribution in [0, 0.1) is 28.1 Å². The summed E-state index contributed by atoms with van der Waals surface area (Å²) in [5.74, 6) is -1.21. The fourth-order valence-corrected chi connectivity index (χ4v) is 2.01. The lowest BCUT2D eigenvalue weighted by atomic mass is 9.71. The fourth-order valence-electron chi connectivity index (χ4n) is 2.01. The van der Waals surface area contributed by atoms with Gasteiger partial charge in [0.05, 0.1) is 6.07 Å². The van der Waals surface area contributed by atoms with Crippen LogP contribution in [0.5, 0.6) is 0 Å². The van der Waals surface area contributed by atoms with E-state index in [-0.39, 0.29) is 17.3 Å². The van der Waals surface area contributed by atoms with Crippen molar-refractivity contribution in [3.8, 4) is 12.1 Å². The summed E-state index contributed by atoms with van der Waals surface area (Å²) in [6.07, 6.45) is 0. The van der Waals surface area contributed by atoms with Crippen LogP contribution in [0.2, 0.25) is 0 Å². The number of nitrogens with two attached hydrogens (primary N) is 2. The van der Waals surface area contributed by atoms with E-state index in [1.165, 1.54) is 6.92 Å². The van der Waals surface area contributed by atoms with Crippen LogP contribution in [0.25, 0.3) is 0 Å². The first kappa shape index (κ1) is 9.99. The zero-order valence-electron chi connectivity index (χ0n) is 8.31. The minimum atomic E-state index is -1.69. The van der Waals surface area contributed by atoms with Crippen LogP contribution in [0.3, 0.4) is 0 Å². The molecule has 16 heavy (non-hydrogen) atoms. The molecule has 2 rings (SSSR count). The van der Waals surface area contributed by atoms with Crippen molar-refractivity contribution < 1.29 is 9.53 Å². The number of nitriles is 2. The van der Waals surface area contributed by atoms with Gasteiger partial charge in [-0.05, 0) is 6.92 Å². The number of ether oxygens (including phenoxy) is 1. The van der Waals surface area contributed by atoms with Crippen molar-refractivity contribution in [1.29, 1.82) is 10.5 Å². The van der Waals surface area contributed by atoms with Gasteiger partial charge in [-0.3, -0.25) is 4.79 Å². The maximum atomic E-state index is 11.6. The van der Waals surface area contributed by atoms with Crippen molar-refractivity contribution in [3.63, 3.8) is 0 Å². The van der Waals surface area contributed by atoms with Gasteiger partial charge in [-0.2, -0.15) is 15.5 Å². The van der Waals surface area contributed by atoms with Gasteiger partial charge in [-0.1, -0.05) is 0 Å². The third-order valence-electron chi connectivity index (χ3n) is 2.94. The molecule has 0 aliphatic carbocycles. The monoisotopic (exact) mass is 217 g/mol. The van der Waals surface area contributed by atoms with Gasteiger partial charge in [0.1, 0.15) is 17.5 Å². The Morgan fingerprint density at radius 2 is 2.06 bits per heavy atom. The molecule has 0 spiro atoms. The number of carbonyl (C=O) groups excluding carboxylic acids is 1. The van der Waals surface area contributed by atoms with Crippen LogP contribution in [0.15, 0.2) is 16.4 Å². The van der Waals surface area contributed by atoms with E-state index in [1.807, 2.05) is 6.07 Å². The van der Waals surface area contributed by atoms with Gasteiger partial charge >= 0.3 is 0 Å². The van der Waals surface area contributed by atoms with E-state index < -0.39 is 16.9 Å². The summed E-state index contributed by atoms with van der Waals surface area (Å²) in [6.45, 7) is 1.35. The van der Waals surface area contributed by atoms with Gasteiger partial charge < -0.3 is 16.2 Å². The molecule has 0 fully saturated rings. The highest BCUT2D eigenvalue weighted by atomic mass is 16.5. The van der Waals surface area contributed by atoms with E-state index in [2.05, 4.69) is 4.99 Å². The molecule has 0 aromatic carbocycles. The average molecular weight is 217 g/mol. The van der Waals surface area contributed by atoms with E-state index in [9.17, 15) is 10.1 Å². The number of amides is 1. The zero-order chi connectivity index (χ0) is 12.1. The minimum absolute atomic E-state index is 0.162. The Hall–Kier alpha value is -2.54. The summed E-state index contributed by atoms with van der Waals surface area (Å²) in [7, 11) is 0. The number of hydrogen-bond acceptors (Lipinski definition) is 6. The highest BCUT2D eigenvalue weighted by Gasteiger charge is 2.70. The maximum Gasteiger partial charge on any atom is 0.293 e. The van der Waals surface area contributed by atoms with Gasteiger partial charge in [-0.25, -0.2) is 0 Å². The Balaban J connectivity index is 2.80. The van der Waals surface area contributed by atoms with E-state index in [0.29, 0.717) is 0 Å². The largest absolute Gasteiger partial charge is 0.459 e. The fraction of sp³-hybridized carbons (Fsp3) is 0.333. The SMILES string of the molecule is C[C@@]12OC(N)=C(C#N)[C@@]1(C#N)C(N)=NC2=O. The summed E-state index contributed by atoms with van der Waals surface area (Å²) in [5, 5.41) is 18.2. The molecule has 2 atom stereocenters. The molecule has 7 nitrogen and oxygen atoms in total. The van der Waals surface area contributed by atoms with E-state index >= 15 is 0 Å². The molecule has 80 valence electrons. The number of amidine groups is 1. The van der Waals surface area contributed by atoms with Crippen LogP contribution < -0.4 is 11.5 Å². The lowest BCUT2D eigenvalue weighted by Gasteiger charge is -2.27. The van der Waals surface area contributed by atoms with Gasteiger partial charge in [-0.15, -0.1) is 0 Å². The summed E-state index contributed by atoms with van der Waals surface area (Å²) < 4.78 is 5.12. The number of aliphatic imine (C=N–C) groups is 1. The Bertz CT molecular complexity index is 549. The van der Waals surface area contributed by atoms with Crippen LogP contribution in [0.4, 0.5) is 0 Å². The van der Waals surface area contributed by atoms with Crippen LogP contribution in [-0.2, 0) is 9.53 Å². The molecule has 1 amide bonds. The normalized spacial score (nSPS) is 36.2. The van der Waals surface area contributed by atoms with Crippen molar-refractivity contribution in [2.45, 2.75) is 12.5 Å². The lowest BCUT2D eigenvalue weighted by molar-refractivity contribution is -0.136. The third kappa shape index (κ3) is 0.695. The summed E-state index contributed by atoms with van der Waals surface area (Å²) >= 11 is 0. The second kappa shape index (κ2) is 2.52. The molecule has 2 aliphatic heterocycles. The molecule has 4 N–H and O–H groups in total. The molecular weight excluding hydrogens is 210 g/mol. The molecule has 0 radical (unpaired) electrons. The molecule has 7 heteroatoms. The zero-order valence-corrected chi connectivity index (χ0v) is 8.31. The molecule has 0 aromatic rings. The topological polar surface area (TPSA) is 138 Å². The first-order chi connectivity index (χ1) is 7.44. The summed E-state index contributed by atoms with van der Waals surface area (Å²) in [5.41, 5.74) is 7.55. The number of hydrogen-bond donors (Lipinski definition) is 2. The maximum absolute atomic E-state index is 11.6. The van der Waals surface area contributed by atoms with Gasteiger partial charge in [0, 0.05) is 0 Å². The van der Waals surface area contributed by atoms with Gasteiger partial charge in [0.15, 0.2) is 0 Å². The van der Waals surface area contributed by atoms with Crippen molar-refractivity contribution in [2.75, 3.05) is 0 Å². The molecule has 0 unspecified atom stereocenters. The van der Waals surface area contributed by atoms with Crippen molar-refractivity contribution in [1.82, 2.24) is 0 Å². The number of rotatable bonds is 0. The number of nitrogens with zero attached hydrogens (tertiary/aromatic N) is 3. The van der Waals surface area contributed by atoms with Crippen molar-refractivity contribution in [2.24, 2.45) is 21.9 Å². The molecule has 2 heterocycles. The van der Waals surface area contributed by atoms with E-state index in [1.54, 1.807) is 6.07 Å². The number of fused-ring (bicyclic) bond motifs is 1. The molecule has 0 saturated heterocycles. The third-order valence-corrected chi connectivity index (χ3v) is 2.94. The van der Waals surface area contributed by atoms with E-state index in [4.69, 9.17) is 21.5 Å². The Morgan fingerprint density at radius 1 is 1.44 bits per heavy atom. The lowest BCUT2D eigenvalue weighted by Crippen LogP contribution is -2.50. The Kier molecular flexibility index (Phi) is 1.58. The second-order valence-corrected chi connectivity index (χ2v) is 3.65. The standard InChI is InChI=1S/C9H7N5O2/c1-8-7(15)14-6(13)9(8,3-11)4(2-10)5(12)16-8/h12H2,1H3,(H2,13,14,15)/t8-,9-/m0/s1. The van der Waals surface area contributed by atoms with E-state index in [0.717, 1.165) is 0 Å². The summed E-state index contributed by atoms with van der Waals surface area (Å²) in [4.78, 5) is 15.1. The highest BCUT2D eigenvalue weighted by Crippen LogP contribution is 2.51. The first-order valence-electron chi connectivity index (χ1n) is 4.33. The number of carbonyl (C=O) groups is 1. The van der Waals surface area contributed by atoms with Crippen LogP contribution in [0.1, 0.15) is 6.92 Å². The minimum Gasteiger partial charge on any atom is -0.459 e. The second-order valence-electron chi connectivity index (χ2n) is 3.65. The quantitative estimate of drug-likeness (QED) is 0.526. The Morgan fingerprint density at radius 3 is 2.56 bits per heavy atom. The predicted molar refractivity (Wildman–Crippen MR) is 51.0 cm³/mol. The highest BCUT2D eigenvalue weighted by molar-refractivity contribution is 6.14. The molecule has 2 aliphatic rings. The van der Waals surface area contributed by atoms with Crippen molar-refractivity contribution >= 4 is 11.7 Å². The van der Waals surface area contributed by atoms with Crippen LogP contribution >= 0.6 is 0 Å². The van der Waals surface area contributed by atoms with Gasteiger partial charge in [0.2, 0.25) is 16.9 Å².